The maximum absolute atomic E-state index is 5.16. The fourth-order valence-electron chi connectivity index (χ4n) is 1.33. The van der Waals surface area contributed by atoms with Gasteiger partial charge in [0.2, 0.25) is 0 Å². The Morgan fingerprint density at radius 1 is 1.58 bits per heavy atom. The highest BCUT2D eigenvalue weighted by atomic mass is 16.5. The molecule has 0 aliphatic carbocycles. The van der Waals surface area contributed by atoms with E-state index in [1.807, 2.05) is 20.1 Å². The monoisotopic (exact) mass is 160 g/mol. The molecule has 0 aromatic carbocycles. The van der Waals surface area contributed by atoms with Crippen molar-refractivity contribution in [2.45, 2.75) is 0 Å². The van der Waals surface area contributed by atoms with Gasteiger partial charge in [-0.2, -0.15) is 0 Å². The molecule has 0 radical (unpaired) electrons. The van der Waals surface area contributed by atoms with Crippen molar-refractivity contribution in [2.24, 2.45) is 0 Å². The van der Waals surface area contributed by atoms with Gasteiger partial charge in [0.05, 0.1) is 18.8 Å². The summed E-state index contributed by atoms with van der Waals surface area (Å²) >= 11 is 0. The average molecular weight is 160 g/mol. The number of aromatic nitrogens is 2. The second-order valence-electron chi connectivity index (χ2n) is 2.68. The number of nitrogens with one attached hydrogen (secondary N) is 1. The Labute approximate surface area is 71.2 Å². The molecule has 0 unspecified atom stereocenters. The summed E-state index contributed by atoms with van der Waals surface area (Å²) in [6, 6.07) is 1.99. The van der Waals surface area contributed by atoms with Gasteiger partial charge in [0.25, 0.3) is 0 Å². The highest BCUT2D eigenvalue weighted by Crippen LogP contribution is 2.20. The molecule has 2 heterocycles. The zero-order valence-electron chi connectivity index (χ0n) is 7.09. The molecule has 0 spiro atoms. The largest absolute Gasteiger partial charge is 0.494 e. The van der Waals surface area contributed by atoms with Crippen molar-refractivity contribution in [1.82, 2.24) is 9.97 Å². The summed E-state index contributed by atoms with van der Waals surface area (Å²) in [5, 5.41) is 1.09. The summed E-state index contributed by atoms with van der Waals surface area (Å²) in [6.07, 6.45) is 3.63. The van der Waals surface area contributed by atoms with Crippen molar-refractivity contribution in [2.75, 3.05) is 7.11 Å². The Morgan fingerprint density at radius 2 is 2.42 bits per heavy atom. The van der Waals surface area contributed by atoms with Crippen molar-refractivity contribution in [1.29, 1.82) is 0 Å². The standard InChI is InChI=1S/C8H9BN2O/c1-12-6-4-11-8(9)7-5(6)2-3-10-7/h2-4,10H,9H2,1H3. The van der Waals surface area contributed by atoms with Crippen molar-refractivity contribution in [3.05, 3.63) is 18.5 Å². The first-order valence-electron chi connectivity index (χ1n) is 3.79. The molecule has 3 nitrogen and oxygen atoms in total. The quantitative estimate of drug-likeness (QED) is 0.588. The number of nitrogens with zero attached hydrogens (tertiary/aromatic N) is 1. The van der Waals surface area contributed by atoms with Crippen LogP contribution in [0.4, 0.5) is 0 Å². The molecule has 60 valence electrons. The first-order valence-corrected chi connectivity index (χ1v) is 3.79. The number of rotatable bonds is 1. The van der Waals surface area contributed by atoms with Crippen LogP contribution in [0.15, 0.2) is 18.5 Å². The lowest BCUT2D eigenvalue weighted by molar-refractivity contribution is 0.418. The van der Waals surface area contributed by atoms with E-state index in [0.717, 1.165) is 22.2 Å². The summed E-state index contributed by atoms with van der Waals surface area (Å²) in [5.41, 5.74) is 2.05. The van der Waals surface area contributed by atoms with Crippen LogP contribution in [-0.2, 0) is 0 Å². The number of hydrogen-bond donors (Lipinski definition) is 1. The van der Waals surface area contributed by atoms with Crippen molar-refractivity contribution in [3.63, 3.8) is 0 Å². The van der Waals surface area contributed by atoms with E-state index < -0.39 is 0 Å². The summed E-state index contributed by atoms with van der Waals surface area (Å²) in [5.74, 6) is 0.817. The minimum Gasteiger partial charge on any atom is -0.494 e. The number of H-pyrrole nitrogens is 1. The van der Waals surface area contributed by atoms with Gasteiger partial charge in [-0.25, -0.2) is 0 Å². The van der Waals surface area contributed by atoms with E-state index in [1.165, 1.54) is 0 Å². The van der Waals surface area contributed by atoms with E-state index in [2.05, 4.69) is 9.97 Å². The zero-order valence-corrected chi connectivity index (χ0v) is 7.09. The highest BCUT2D eigenvalue weighted by molar-refractivity contribution is 6.36. The second-order valence-corrected chi connectivity index (χ2v) is 2.68. The van der Waals surface area contributed by atoms with Gasteiger partial charge < -0.3 is 9.72 Å². The molecule has 0 aliphatic rings. The Kier molecular flexibility index (Phi) is 1.53. The third kappa shape index (κ3) is 0.880. The van der Waals surface area contributed by atoms with Gasteiger partial charge in [-0.05, 0) is 6.07 Å². The van der Waals surface area contributed by atoms with E-state index in [1.54, 1.807) is 13.3 Å². The van der Waals surface area contributed by atoms with Crippen LogP contribution in [0.25, 0.3) is 10.9 Å². The Hall–Kier alpha value is -1.45. The summed E-state index contributed by atoms with van der Waals surface area (Å²) in [7, 11) is 3.62. The van der Waals surface area contributed by atoms with E-state index in [4.69, 9.17) is 4.74 Å². The van der Waals surface area contributed by atoms with Crippen LogP contribution in [0.3, 0.4) is 0 Å². The summed E-state index contributed by atoms with van der Waals surface area (Å²) < 4.78 is 5.16. The summed E-state index contributed by atoms with van der Waals surface area (Å²) in [4.78, 5) is 7.31. The fraction of sp³-hybridized carbons (Fsp3) is 0.125. The fourth-order valence-corrected chi connectivity index (χ4v) is 1.33. The topological polar surface area (TPSA) is 37.9 Å². The number of hydrogen-bond acceptors (Lipinski definition) is 2. The molecule has 2 aromatic heterocycles. The number of methoxy groups -OCH3 is 1. The zero-order chi connectivity index (χ0) is 8.55. The molecular formula is C8H9BN2O. The lowest BCUT2D eigenvalue weighted by Gasteiger charge is -2.01. The average Bonchev–Trinajstić information content (AvgIpc) is 2.54. The molecule has 2 aromatic rings. The Bertz CT molecular complexity index is 410. The van der Waals surface area contributed by atoms with E-state index in [-0.39, 0.29) is 0 Å². The summed E-state index contributed by atoms with van der Waals surface area (Å²) in [6.45, 7) is 0. The molecule has 2 rings (SSSR count). The molecule has 0 fully saturated rings. The minimum atomic E-state index is 0.817. The minimum absolute atomic E-state index is 0.817. The number of fused-ring (bicyclic) bond motifs is 1. The predicted octanol–water partition coefficient (Wildman–Crippen LogP) is -0.170. The normalized spacial score (nSPS) is 10.4. The third-order valence-corrected chi connectivity index (χ3v) is 1.97. The van der Waals surface area contributed by atoms with Crippen molar-refractivity contribution >= 4 is 24.3 Å². The van der Waals surface area contributed by atoms with Gasteiger partial charge in [-0.1, -0.05) is 0 Å². The molecule has 1 N–H and O–H groups in total. The molecule has 0 atom stereocenters. The van der Waals surface area contributed by atoms with Gasteiger partial charge in [0, 0.05) is 17.2 Å². The van der Waals surface area contributed by atoms with Crippen LogP contribution < -0.4 is 10.3 Å². The number of ether oxygens (including phenoxy) is 1. The van der Waals surface area contributed by atoms with Crippen LogP contribution >= 0.6 is 0 Å². The third-order valence-electron chi connectivity index (χ3n) is 1.97. The highest BCUT2D eigenvalue weighted by Gasteiger charge is 2.04. The van der Waals surface area contributed by atoms with Gasteiger partial charge in [-0.3, -0.25) is 4.98 Å². The maximum atomic E-state index is 5.16. The van der Waals surface area contributed by atoms with Gasteiger partial charge in [0.1, 0.15) is 5.75 Å². The number of pyridine rings is 1. The molecule has 4 heteroatoms. The van der Waals surface area contributed by atoms with Crippen molar-refractivity contribution < 1.29 is 4.74 Å². The molecular weight excluding hydrogens is 151 g/mol. The first-order chi connectivity index (χ1) is 5.83. The smallest absolute Gasteiger partial charge is 0.166 e. The Balaban J connectivity index is 2.82. The van der Waals surface area contributed by atoms with Crippen molar-refractivity contribution in [3.8, 4) is 5.75 Å². The lowest BCUT2D eigenvalue weighted by atomic mass is 10.0. The molecule has 12 heavy (non-hydrogen) atoms. The lowest BCUT2D eigenvalue weighted by Crippen LogP contribution is -2.09. The predicted molar refractivity (Wildman–Crippen MR) is 50.8 cm³/mol. The van der Waals surface area contributed by atoms with Gasteiger partial charge >= 0.3 is 0 Å². The molecule has 0 aliphatic heterocycles. The molecule has 0 saturated heterocycles. The Morgan fingerprint density at radius 3 is 3.17 bits per heavy atom. The van der Waals surface area contributed by atoms with Gasteiger partial charge in [-0.15, -0.1) is 0 Å². The van der Waals surface area contributed by atoms with E-state index in [0.29, 0.717) is 0 Å². The van der Waals surface area contributed by atoms with Gasteiger partial charge in [0.15, 0.2) is 7.85 Å². The second kappa shape index (κ2) is 2.55. The van der Waals surface area contributed by atoms with Crippen LogP contribution in [-0.4, -0.2) is 24.9 Å². The SMILES string of the molecule is Bc1ncc(OC)c2cc[nH]c12. The number of aromatic amines is 1. The van der Waals surface area contributed by atoms with Crippen LogP contribution in [0.5, 0.6) is 5.75 Å². The molecule has 0 saturated carbocycles. The van der Waals surface area contributed by atoms with Crippen LogP contribution in [0.1, 0.15) is 0 Å². The maximum Gasteiger partial charge on any atom is 0.166 e. The molecule has 0 amide bonds. The van der Waals surface area contributed by atoms with Crippen LogP contribution in [0, 0.1) is 0 Å². The van der Waals surface area contributed by atoms with E-state index in [9.17, 15) is 0 Å². The van der Waals surface area contributed by atoms with E-state index >= 15 is 0 Å². The first kappa shape index (κ1) is 7.22. The van der Waals surface area contributed by atoms with Crippen LogP contribution in [0.2, 0.25) is 0 Å². The molecule has 0 bridgehead atoms.